The maximum atomic E-state index is 6.22. The fourth-order valence-electron chi connectivity index (χ4n) is 3.26. The van der Waals surface area contributed by atoms with Gasteiger partial charge in [0.15, 0.2) is 0 Å². The van der Waals surface area contributed by atoms with Crippen LogP contribution in [0.5, 0.6) is 0 Å². The van der Waals surface area contributed by atoms with E-state index in [0.29, 0.717) is 18.0 Å². The number of likely N-dealkylation sites (tertiary alicyclic amines) is 1. The highest BCUT2D eigenvalue weighted by Gasteiger charge is 2.28. The van der Waals surface area contributed by atoms with Gasteiger partial charge in [-0.3, -0.25) is 4.90 Å². The SMILES string of the molecule is CCC1CN(C(CC)Cc2ccccc2)CCC1N. The molecule has 0 bridgehead atoms. The molecule has 106 valence electrons. The van der Waals surface area contributed by atoms with Crippen molar-refractivity contribution >= 4 is 0 Å². The van der Waals surface area contributed by atoms with E-state index in [-0.39, 0.29) is 0 Å². The van der Waals surface area contributed by atoms with Crippen molar-refractivity contribution in [3.05, 3.63) is 35.9 Å². The van der Waals surface area contributed by atoms with Gasteiger partial charge in [0.2, 0.25) is 0 Å². The largest absolute Gasteiger partial charge is 0.327 e. The number of hydrogen-bond acceptors (Lipinski definition) is 2. The van der Waals surface area contributed by atoms with Gasteiger partial charge in [-0.1, -0.05) is 50.6 Å². The first-order valence-electron chi connectivity index (χ1n) is 7.78. The highest BCUT2D eigenvalue weighted by atomic mass is 15.2. The third-order valence-corrected chi connectivity index (χ3v) is 4.65. The van der Waals surface area contributed by atoms with Crippen molar-refractivity contribution in [1.82, 2.24) is 4.90 Å². The second-order valence-corrected chi connectivity index (χ2v) is 5.87. The predicted molar refractivity (Wildman–Crippen MR) is 82.2 cm³/mol. The van der Waals surface area contributed by atoms with Gasteiger partial charge in [-0.15, -0.1) is 0 Å². The fourth-order valence-corrected chi connectivity index (χ4v) is 3.26. The molecule has 1 aromatic rings. The van der Waals surface area contributed by atoms with Gasteiger partial charge in [0.1, 0.15) is 0 Å². The van der Waals surface area contributed by atoms with Crippen LogP contribution in [0.1, 0.15) is 38.7 Å². The molecule has 1 aliphatic rings. The summed E-state index contributed by atoms with van der Waals surface area (Å²) in [4.78, 5) is 2.67. The van der Waals surface area contributed by atoms with E-state index >= 15 is 0 Å². The summed E-state index contributed by atoms with van der Waals surface area (Å²) in [5.41, 5.74) is 7.68. The van der Waals surface area contributed by atoms with Gasteiger partial charge in [-0.25, -0.2) is 0 Å². The lowest BCUT2D eigenvalue weighted by molar-refractivity contribution is 0.103. The molecule has 0 aliphatic carbocycles. The second-order valence-electron chi connectivity index (χ2n) is 5.87. The van der Waals surface area contributed by atoms with E-state index in [2.05, 4.69) is 49.1 Å². The molecule has 3 atom stereocenters. The molecule has 1 aromatic carbocycles. The van der Waals surface area contributed by atoms with Crippen LogP contribution in [0.4, 0.5) is 0 Å². The molecule has 1 fully saturated rings. The predicted octanol–water partition coefficient (Wildman–Crippen LogP) is 3.07. The zero-order valence-corrected chi connectivity index (χ0v) is 12.4. The van der Waals surface area contributed by atoms with Crippen LogP contribution >= 0.6 is 0 Å². The van der Waals surface area contributed by atoms with E-state index in [1.807, 2.05) is 0 Å². The van der Waals surface area contributed by atoms with Gasteiger partial charge in [0.05, 0.1) is 0 Å². The summed E-state index contributed by atoms with van der Waals surface area (Å²) >= 11 is 0. The molecule has 1 aliphatic heterocycles. The van der Waals surface area contributed by atoms with Crippen molar-refractivity contribution in [3.8, 4) is 0 Å². The Bertz CT molecular complexity index is 363. The van der Waals surface area contributed by atoms with Crippen LogP contribution in [0.15, 0.2) is 30.3 Å². The van der Waals surface area contributed by atoms with E-state index < -0.39 is 0 Å². The van der Waals surface area contributed by atoms with Crippen LogP contribution in [0.2, 0.25) is 0 Å². The Morgan fingerprint density at radius 3 is 2.63 bits per heavy atom. The van der Waals surface area contributed by atoms with Crippen LogP contribution in [0, 0.1) is 5.92 Å². The third kappa shape index (κ3) is 3.80. The standard InChI is InChI=1S/C17H28N2/c1-3-15-13-19(11-10-17(15)18)16(4-2)12-14-8-6-5-7-9-14/h5-9,15-17H,3-4,10-13,18H2,1-2H3. The lowest BCUT2D eigenvalue weighted by Crippen LogP contribution is -2.50. The summed E-state index contributed by atoms with van der Waals surface area (Å²) in [6.45, 7) is 6.93. The Morgan fingerprint density at radius 2 is 2.00 bits per heavy atom. The maximum absolute atomic E-state index is 6.22. The molecular formula is C17H28N2. The van der Waals surface area contributed by atoms with Crippen molar-refractivity contribution in [2.24, 2.45) is 11.7 Å². The van der Waals surface area contributed by atoms with E-state index in [9.17, 15) is 0 Å². The molecule has 2 rings (SSSR count). The van der Waals surface area contributed by atoms with E-state index in [1.165, 1.54) is 37.9 Å². The molecule has 0 amide bonds. The van der Waals surface area contributed by atoms with Crippen molar-refractivity contribution in [2.45, 2.75) is 51.6 Å². The molecule has 2 heteroatoms. The average molecular weight is 260 g/mol. The lowest BCUT2D eigenvalue weighted by Gasteiger charge is -2.41. The topological polar surface area (TPSA) is 29.3 Å². The number of rotatable bonds is 5. The molecule has 2 nitrogen and oxygen atoms in total. The van der Waals surface area contributed by atoms with Crippen molar-refractivity contribution in [1.29, 1.82) is 0 Å². The van der Waals surface area contributed by atoms with E-state index in [4.69, 9.17) is 5.73 Å². The summed E-state index contributed by atoms with van der Waals surface area (Å²) in [6.07, 6.45) is 4.76. The summed E-state index contributed by atoms with van der Waals surface area (Å²) in [5.74, 6) is 0.679. The van der Waals surface area contributed by atoms with Gasteiger partial charge in [-0.05, 0) is 37.3 Å². The highest BCUT2D eigenvalue weighted by molar-refractivity contribution is 5.16. The summed E-state index contributed by atoms with van der Waals surface area (Å²) in [6, 6.07) is 12.0. The smallest absolute Gasteiger partial charge is 0.0133 e. The van der Waals surface area contributed by atoms with Crippen LogP contribution < -0.4 is 5.73 Å². The van der Waals surface area contributed by atoms with Crippen LogP contribution in [-0.2, 0) is 6.42 Å². The molecule has 1 heterocycles. The maximum Gasteiger partial charge on any atom is 0.0133 e. The Balaban J connectivity index is 1.98. The Hall–Kier alpha value is -0.860. The van der Waals surface area contributed by atoms with Gasteiger partial charge in [0, 0.05) is 18.6 Å². The normalized spacial score (nSPS) is 26.3. The minimum absolute atomic E-state index is 0.412. The molecule has 2 N–H and O–H groups in total. The molecule has 3 unspecified atom stereocenters. The molecule has 0 spiro atoms. The monoisotopic (exact) mass is 260 g/mol. The third-order valence-electron chi connectivity index (χ3n) is 4.65. The Kier molecular flexibility index (Phi) is 5.41. The minimum atomic E-state index is 0.412. The van der Waals surface area contributed by atoms with Crippen LogP contribution in [0.3, 0.4) is 0 Å². The average Bonchev–Trinajstić information content (AvgIpc) is 2.46. The first-order valence-corrected chi connectivity index (χ1v) is 7.78. The summed E-state index contributed by atoms with van der Waals surface area (Å²) in [5, 5.41) is 0. The van der Waals surface area contributed by atoms with Gasteiger partial charge in [-0.2, -0.15) is 0 Å². The van der Waals surface area contributed by atoms with E-state index in [1.54, 1.807) is 0 Å². The quantitative estimate of drug-likeness (QED) is 0.881. The van der Waals surface area contributed by atoms with Crippen molar-refractivity contribution in [2.75, 3.05) is 13.1 Å². The summed E-state index contributed by atoms with van der Waals surface area (Å²) in [7, 11) is 0. The number of nitrogens with two attached hydrogens (primary N) is 1. The molecule has 0 saturated carbocycles. The zero-order valence-electron chi connectivity index (χ0n) is 12.4. The fraction of sp³-hybridized carbons (Fsp3) is 0.647. The minimum Gasteiger partial charge on any atom is -0.327 e. The molecule has 0 aromatic heterocycles. The van der Waals surface area contributed by atoms with Crippen molar-refractivity contribution in [3.63, 3.8) is 0 Å². The second kappa shape index (κ2) is 7.06. The summed E-state index contributed by atoms with van der Waals surface area (Å²) < 4.78 is 0. The molecular weight excluding hydrogens is 232 g/mol. The van der Waals surface area contributed by atoms with Crippen molar-refractivity contribution < 1.29 is 0 Å². The number of benzene rings is 1. The van der Waals surface area contributed by atoms with Gasteiger partial charge < -0.3 is 5.73 Å². The van der Waals surface area contributed by atoms with Gasteiger partial charge in [0.25, 0.3) is 0 Å². The first kappa shape index (κ1) is 14.5. The number of nitrogens with zero attached hydrogens (tertiary/aromatic N) is 1. The zero-order chi connectivity index (χ0) is 13.7. The van der Waals surface area contributed by atoms with Crippen LogP contribution in [-0.4, -0.2) is 30.1 Å². The Morgan fingerprint density at radius 1 is 1.26 bits per heavy atom. The number of piperidine rings is 1. The lowest BCUT2D eigenvalue weighted by atomic mass is 9.88. The highest BCUT2D eigenvalue weighted by Crippen LogP contribution is 2.23. The Labute approximate surface area is 118 Å². The van der Waals surface area contributed by atoms with Crippen LogP contribution in [0.25, 0.3) is 0 Å². The molecule has 0 radical (unpaired) electrons. The van der Waals surface area contributed by atoms with E-state index in [0.717, 1.165) is 6.42 Å². The number of hydrogen-bond donors (Lipinski definition) is 1. The molecule has 19 heavy (non-hydrogen) atoms. The van der Waals surface area contributed by atoms with Gasteiger partial charge >= 0.3 is 0 Å². The molecule has 1 saturated heterocycles. The first-order chi connectivity index (χ1) is 9.24.